The molecular weight excluding hydrogens is 297 g/mol. The number of halogens is 1. The van der Waals surface area contributed by atoms with Gasteiger partial charge in [0.25, 0.3) is 0 Å². The van der Waals surface area contributed by atoms with Crippen LogP contribution in [-0.2, 0) is 9.53 Å². The molecule has 1 aromatic rings. The van der Waals surface area contributed by atoms with Crippen LogP contribution in [-0.4, -0.2) is 61.6 Å². The molecule has 1 aromatic carbocycles. The van der Waals surface area contributed by atoms with Crippen molar-refractivity contribution in [1.29, 1.82) is 0 Å². The van der Waals surface area contributed by atoms with Gasteiger partial charge in [-0.3, -0.25) is 9.69 Å². The SMILES string of the molecule is NC[C@@H]1CCN(C(=O)[C@@H](c2cccc(F)c2)N2CCOCC2)C1. The number of morpholine rings is 1. The fourth-order valence-corrected chi connectivity index (χ4v) is 3.42. The van der Waals surface area contributed by atoms with Gasteiger partial charge in [0.2, 0.25) is 5.91 Å². The van der Waals surface area contributed by atoms with Crippen molar-refractivity contribution in [2.75, 3.05) is 45.9 Å². The summed E-state index contributed by atoms with van der Waals surface area (Å²) in [6.45, 7) is 4.60. The molecule has 2 heterocycles. The first-order valence-corrected chi connectivity index (χ1v) is 8.25. The van der Waals surface area contributed by atoms with Gasteiger partial charge in [0.1, 0.15) is 11.9 Å². The van der Waals surface area contributed by atoms with E-state index in [0.29, 0.717) is 50.9 Å². The lowest BCUT2D eigenvalue weighted by molar-refractivity contribution is -0.138. The Morgan fingerprint density at radius 3 is 2.78 bits per heavy atom. The standard InChI is InChI=1S/C17H24FN3O2/c18-15-3-1-2-14(10-15)16(20-6-8-23-9-7-20)17(22)21-5-4-13(11-19)12-21/h1-3,10,13,16H,4-9,11-12,19H2/t13-,16+/m0/s1. The van der Waals surface area contributed by atoms with Crippen LogP contribution < -0.4 is 5.73 Å². The number of nitrogens with two attached hydrogens (primary N) is 1. The Morgan fingerprint density at radius 1 is 1.35 bits per heavy atom. The van der Waals surface area contributed by atoms with E-state index >= 15 is 0 Å². The monoisotopic (exact) mass is 321 g/mol. The van der Waals surface area contributed by atoms with Gasteiger partial charge in [-0.2, -0.15) is 0 Å². The topological polar surface area (TPSA) is 58.8 Å². The normalized spacial score (nSPS) is 23.9. The second-order valence-electron chi connectivity index (χ2n) is 6.28. The van der Waals surface area contributed by atoms with Crippen LogP contribution in [0.1, 0.15) is 18.0 Å². The molecule has 2 fully saturated rings. The Balaban J connectivity index is 1.84. The van der Waals surface area contributed by atoms with Gasteiger partial charge < -0.3 is 15.4 Å². The summed E-state index contributed by atoms with van der Waals surface area (Å²) in [6.07, 6.45) is 0.946. The first-order chi connectivity index (χ1) is 11.2. The molecule has 1 amide bonds. The zero-order chi connectivity index (χ0) is 16.2. The maximum atomic E-state index is 13.7. The lowest BCUT2D eigenvalue weighted by Crippen LogP contribution is -2.46. The van der Waals surface area contributed by atoms with Crippen molar-refractivity contribution in [3.63, 3.8) is 0 Å². The summed E-state index contributed by atoms with van der Waals surface area (Å²) >= 11 is 0. The number of nitrogens with zero attached hydrogens (tertiary/aromatic N) is 2. The van der Waals surface area contributed by atoms with Gasteiger partial charge in [0.05, 0.1) is 13.2 Å². The van der Waals surface area contributed by atoms with E-state index in [0.717, 1.165) is 13.0 Å². The Morgan fingerprint density at radius 2 is 2.13 bits per heavy atom. The maximum Gasteiger partial charge on any atom is 0.244 e. The number of amides is 1. The number of carbonyl (C=O) groups excluding carboxylic acids is 1. The fraction of sp³-hybridized carbons (Fsp3) is 0.588. The van der Waals surface area contributed by atoms with E-state index in [2.05, 4.69) is 4.90 Å². The highest BCUT2D eigenvalue weighted by Gasteiger charge is 2.35. The highest BCUT2D eigenvalue weighted by Crippen LogP contribution is 2.27. The second-order valence-corrected chi connectivity index (χ2v) is 6.28. The van der Waals surface area contributed by atoms with Crippen LogP contribution in [0.3, 0.4) is 0 Å². The van der Waals surface area contributed by atoms with Gasteiger partial charge in [-0.05, 0) is 36.6 Å². The van der Waals surface area contributed by atoms with E-state index in [-0.39, 0.29) is 11.7 Å². The van der Waals surface area contributed by atoms with Crippen molar-refractivity contribution in [3.05, 3.63) is 35.6 Å². The molecule has 3 rings (SSSR count). The fourth-order valence-electron chi connectivity index (χ4n) is 3.42. The van der Waals surface area contributed by atoms with Gasteiger partial charge in [-0.25, -0.2) is 4.39 Å². The molecule has 0 bridgehead atoms. The molecule has 23 heavy (non-hydrogen) atoms. The molecule has 0 aromatic heterocycles. The molecular formula is C17H24FN3O2. The minimum Gasteiger partial charge on any atom is -0.379 e. The number of ether oxygens (including phenoxy) is 1. The second kappa shape index (κ2) is 7.38. The third-order valence-corrected chi connectivity index (χ3v) is 4.74. The molecule has 2 atom stereocenters. The molecule has 0 saturated carbocycles. The number of likely N-dealkylation sites (tertiary alicyclic amines) is 1. The van der Waals surface area contributed by atoms with Gasteiger partial charge in [-0.1, -0.05) is 12.1 Å². The summed E-state index contributed by atoms with van der Waals surface area (Å²) in [5.41, 5.74) is 6.45. The van der Waals surface area contributed by atoms with Crippen LogP contribution in [0.25, 0.3) is 0 Å². The molecule has 5 nitrogen and oxygen atoms in total. The van der Waals surface area contributed by atoms with E-state index in [1.165, 1.54) is 12.1 Å². The van der Waals surface area contributed by atoms with Crippen molar-refractivity contribution in [2.45, 2.75) is 12.5 Å². The molecule has 2 N–H and O–H groups in total. The zero-order valence-corrected chi connectivity index (χ0v) is 13.3. The highest BCUT2D eigenvalue weighted by molar-refractivity contribution is 5.83. The summed E-state index contributed by atoms with van der Waals surface area (Å²) in [5, 5.41) is 0. The molecule has 2 aliphatic heterocycles. The van der Waals surface area contributed by atoms with E-state index in [1.54, 1.807) is 6.07 Å². The predicted molar refractivity (Wildman–Crippen MR) is 85.3 cm³/mol. The number of benzene rings is 1. The first kappa shape index (κ1) is 16.4. The number of carbonyl (C=O) groups is 1. The van der Waals surface area contributed by atoms with Gasteiger partial charge in [-0.15, -0.1) is 0 Å². The first-order valence-electron chi connectivity index (χ1n) is 8.25. The summed E-state index contributed by atoms with van der Waals surface area (Å²) in [5.74, 6) is 0.111. The van der Waals surface area contributed by atoms with E-state index in [1.807, 2.05) is 11.0 Å². The van der Waals surface area contributed by atoms with Crippen LogP contribution in [0.5, 0.6) is 0 Å². The van der Waals surface area contributed by atoms with Crippen LogP contribution >= 0.6 is 0 Å². The van der Waals surface area contributed by atoms with E-state index < -0.39 is 6.04 Å². The molecule has 2 saturated heterocycles. The molecule has 0 unspecified atom stereocenters. The van der Waals surface area contributed by atoms with Crippen LogP contribution in [0.2, 0.25) is 0 Å². The minimum atomic E-state index is -0.439. The summed E-state index contributed by atoms with van der Waals surface area (Å²) in [7, 11) is 0. The van der Waals surface area contributed by atoms with Gasteiger partial charge in [0, 0.05) is 26.2 Å². The number of hydrogen-bond donors (Lipinski definition) is 1. The van der Waals surface area contributed by atoms with Crippen molar-refractivity contribution in [1.82, 2.24) is 9.80 Å². The van der Waals surface area contributed by atoms with Crippen molar-refractivity contribution in [2.24, 2.45) is 11.7 Å². The molecule has 2 aliphatic rings. The Labute approximate surface area is 136 Å². The third-order valence-electron chi connectivity index (χ3n) is 4.74. The van der Waals surface area contributed by atoms with Crippen molar-refractivity contribution in [3.8, 4) is 0 Å². The predicted octanol–water partition coefficient (Wildman–Crippen LogP) is 1.01. The van der Waals surface area contributed by atoms with Crippen LogP contribution in [0, 0.1) is 11.7 Å². The summed E-state index contributed by atoms with van der Waals surface area (Å²) < 4.78 is 19.1. The minimum absolute atomic E-state index is 0.0495. The summed E-state index contributed by atoms with van der Waals surface area (Å²) in [4.78, 5) is 17.1. The molecule has 126 valence electrons. The Kier molecular flexibility index (Phi) is 5.25. The Bertz CT molecular complexity index is 548. The van der Waals surface area contributed by atoms with Crippen molar-refractivity contribution < 1.29 is 13.9 Å². The largest absolute Gasteiger partial charge is 0.379 e. The van der Waals surface area contributed by atoms with E-state index in [4.69, 9.17) is 10.5 Å². The summed E-state index contributed by atoms with van der Waals surface area (Å²) in [6, 6.07) is 5.93. The smallest absolute Gasteiger partial charge is 0.244 e. The average Bonchev–Trinajstić information content (AvgIpc) is 3.05. The van der Waals surface area contributed by atoms with E-state index in [9.17, 15) is 9.18 Å². The third kappa shape index (κ3) is 3.71. The Hall–Kier alpha value is -1.50. The maximum absolute atomic E-state index is 13.7. The van der Waals surface area contributed by atoms with Crippen LogP contribution in [0.4, 0.5) is 4.39 Å². The van der Waals surface area contributed by atoms with Gasteiger partial charge in [0.15, 0.2) is 0 Å². The van der Waals surface area contributed by atoms with Crippen molar-refractivity contribution >= 4 is 5.91 Å². The number of rotatable bonds is 4. The average molecular weight is 321 g/mol. The lowest BCUT2D eigenvalue weighted by atomic mass is 10.0. The highest BCUT2D eigenvalue weighted by atomic mass is 19.1. The zero-order valence-electron chi connectivity index (χ0n) is 13.3. The number of hydrogen-bond acceptors (Lipinski definition) is 4. The van der Waals surface area contributed by atoms with Gasteiger partial charge >= 0.3 is 0 Å². The van der Waals surface area contributed by atoms with Crippen LogP contribution in [0.15, 0.2) is 24.3 Å². The molecule has 0 aliphatic carbocycles. The molecule has 6 heteroatoms. The molecule has 0 spiro atoms. The quantitative estimate of drug-likeness (QED) is 0.899. The molecule has 0 radical (unpaired) electrons. The lowest BCUT2D eigenvalue weighted by Gasteiger charge is -2.36.